The number of unbranched alkanes of at least 4 members (excludes halogenated alkanes) is 3. The summed E-state index contributed by atoms with van der Waals surface area (Å²) < 4.78 is 43.5. The lowest BCUT2D eigenvalue weighted by Gasteiger charge is -2.19. The summed E-state index contributed by atoms with van der Waals surface area (Å²) in [6.07, 6.45) is 3.54. The van der Waals surface area contributed by atoms with E-state index in [1.54, 1.807) is 6.92 Å². The van der Waals surface area contributed by atoms with Gasteiger partial charge >= 0.3 is 10.2 Å². The normalized spacial score (nSPS) is 28.7. The minimum atomic E-state index is -4.32. The van der Waals surface area contributed by atoms with E-state index in [0.29, 0.717) is 19.4 Å². The number of hydrogen-bond donors (Lipinski definition) is 1. The minimum absolute atomic E-state index is 0.0212. The van der Waals surface area contributed by atoms with Crippen LogP contribution in [0, 0.1) is 0 Å². The van der Waals surface area contributed by atoms with Crippen molar-refractivity contribution in [1.29, 1.82) is 0 Å². The Morgan fingerprint density at radius 2 is 2.00 bits per heavy atom. The highest BCUT2D eigenvalue weighted by Crippen LogP contribution is 2.25. The standard InChI is InChI=1S/C11H21FO5S/c1-11(9-13)16-8-10(17-11)6-4-2-3-5-7-18(12,14)15/h10,13H,2-9H2,1H3. The summed E-state index contributed by atoms with van der Waals surface area (Å²) in [4.78, 5) is 0. The van der Waals surface area contributed by atoms with Gasteiger partial charge < -0.3 is 14.6 Å². The van der Waals surface area contributed by atoms with Gasteiger partial charge in [0, 0.05) is 0 Å². The molecule has 0 aromatic heterocycles. The molecule has 0 saturated carbocycles. The second-order valence-electron chi connectivity index (χ2n) is 4.79. The first kappa shape index (κ1) is 15.8. The number of hydrogen-bond acceptors (Lipinski definition) is 5. The van der Waals surface area contributed by atoms with E-state index in [0.717, 1.165) is 19.3 Å². The first-order valence-electron chi connectivity index (χ1n) is 6.20. The predicted octanol–water partition coefficient (Wildman–Crippen LogP) is 1.36. The van der Waals surface area contributed by atoms with Crippen molar-refractivity contribution in [3.63, 3.8) is 0 Å². The van der Waals surface area contributed by atoms with E-state index in [2.05, 4.69) is 0 Å². The van der Waals surface area contributed by atoms with E-state index in [-0.39, 0.29) is 12.7 Å². The van der Waals surface area contributed by atoms with Gasteiger partial charge in [0.15, 0.2) is 5.79 Å². The van der Waals surface area contributed by atoms with Gasteiger partial charge in [-0.2, -0.15) is 8.42 Å². The van der Waals surface area contributed by atoms with Crippen LogP contribution in [0.4, 0.5) is 3.89 Å². The first-order valence-corrected chi connectivity index (χ1v) is 7.75. The van der Waals surface area contributed by atoms with Gasteiger partial charge in [-0.25, -0.2) is 0 Å². The number of ether oxygens (including phenoxy) is 2. The van der Waals surface area contributed by atoms with Gasteiger partial charge in [-0.3, -0.25) is 0 Å². The highest BCUT2D eigenvalue weighted by Gasteiger charge is 2.36. The molecule has 1 N–H and O–H groups in total. The van der Waals surface area contributed by atoms with Crippen LogP contribution in [0.1, 0.15) is 39.0 Å². The van der Waals surface area contributed by atoms with Crippen LogP contribution in [0.15, 0.2) is 0 Å². The molecule has 1 aliphatic heterocycles. The summed E-state index contributed by atoms with van der Waals surface area (Å²) in [5.41, 5.74) is 0. The van der Waals surface area contributed by atoms with Crippen molar-refractivity contribution in [3.05, 3.63) is 0 Å². The van der Waals surface area contributed by atoms with Gasteiger partial charge in [0.05, 0.1) is 25.1 Å². The van der Waals surface area contributed by atoms with Crippen molar-refractivity contribution in [2.24, 2.45) is 0 Å². The molecule has 0 aliphatic carbocycles. The summed E-state index contributed by atoms with van der Waals surface area (Å²) in [7, 11) is -4.32. The molecule has 0 radical (unpaired) electrons. The number of rotatable bonds is 8. The lowest BCUT2D eigenvalue weighted by molar-refractivity contribution is -0.178. The third-order valence-corrected chi connectivity index (χ3v) is 3.72. The molecule has 0 amide bonds. The van der Waals surface area contributed by atoms with Gasteiger partial charge in [0.2, 0.25) is 0 Å². The predicted molar refractivity (Wildman–Crippen MR) is 64.3 cm³/mol. The fraction of sp³-hybridized carbons (Fsp3) is 1.00. The Kier molecular flexibility index (Phi) is 5.97. The third-order valence-electron chi connectivity index (χ3n) is 2.94. The zero-order valence-electron chi connectivity index (χ0n) is 10.6. The quantitative estimate of drug-likeness (QED) is 0.538. The molecule has 1 heterocycles. The lowest BCUT2D eigenvalue weighted by Crippen LogP contribution is -2.31. The summed E-state index contributed by atoms with van der Waals surface area (Å²) in [6, 6.07) is 0. The highest BCUT2D eigenvalue weighted by molar-refractivity contribution is 7.86. The van der Waals surface area contributed by atoms with E-state index in [1.807, 2.05) is 0 Å². The number of aliphatic hydroxyl groups is 1. The van der Waals surface area contributed by atoms with Crippen molar-refractivity contribution < 1.29 is 26.9 Å². The summed E-state index contributed by atoms with van der Waals surface area (Å²) in [6.45, 7) is 1.99. The maximum atomic E-state index is 12.2. The zero-order chi connectivity index (χ0) is 13.6. The van der Waals surface area contributed by atoms with E-state index in [9.17, 15) is 12.3 Å². The second-order valence-corrected chi connectivity index (χ2v) is 6.27. The molecule has 18 heavy (non-hydrogen) atoms. The third kappa shape index (κ3) is 6.08. The molecule has 1 fully saturated rings. The molecule has 2 atom stereocenters. The monoisotopic (exact) mass is 284 g/mol. The van der Waals surface area contributed by atoms with Crippen molar-refractivity contribution >= 4 is 10.2 Å². The maximum absolute atomic E-state index is 12.2. The molecule has 2 unspecified atom stereocenters. The van der Waals surface area contributed by atoms with Crippen molar-refractivity contribution in [2.45, 2.75) is 50.9 Å². The molecule has 7 heteroatoms. The van der Waals surface area contributed by atoms with E-state index < -0.39 is 21.8 Å². The highest BCUT2D eigenvalue weighted by atomic mass is 32.3. The Labute approximate surface area is 107 Å². The maximum Gasteiger partial charge on any atom is 0.302 e. The van der Waals surface area contributed by atoms with Crippen LogP contribution in [-0.4, -0.2) is 44.4 Å². The molecule has 108 valence electrons. The molecule has 0 bridgehead atoms. The van der Waals surface area contributed by atoms with Gasteiger partial charge in [0.1, 0.15) is 0 Å². The zero-order valence-corrected chi connectivity index (χ0v) is 11.4. The van der Waals surface area contributed by atoms with Crippen molar-refractivity contribution in [1.82, 2.24) is 0 Å². The topological polar surface area (TPSA) is 72.8 Å². The van der Waals surface area contributed by atoms with E-state index in [4.69, 9.17) is 14.6 Å². The molecule has 1 rings (SSSR count). The Balaban J connectivity index is 2.03. The molecule has 0 aromatic carbocycles. The molecule has 1 saturated heterocycles. The van der Waals surface area contributed by atoms with Gasteiger partial charge in [0.25, 0.3) is 0 Å². The fourth-order valence-electron chi connectivity index (χ4n) is 1.92. The van der Waals surface area contributed by atoms with Crippen LogP contribution in [0.25, 0.3) is 0 Å². The Hall–Kier alpha value is -0.240. The second kappa shape index (κ2) is 6.79. The van der Waals surface area contributed by atoms with Crippen LogP contribution >= 0.6 is 0 Å². The molecule has 0 aromatic rings. The smallest absolute Gasteiger partial charge is 0.302 e. The summed E-state index contributed by atoms with van der Waals surface area (Å²) in [5, 5.41) is 9.02. The lowest BCUT2D eigenvalue weighted by atomic mass is 10.1. The first-order chi connectivity index (χ1) is 8.35. The Morgan fingerprint density at radius 3 is 2.56 bits per heavy atom. The average Bonchev–Trinajstić information content (AvgIpc) is 2.65. The summed E-state index contributed by atoms with van der Waals surface area (Å²) in [5.74, 6) is -1.27. The Morgan fingerprint density at radius 1 is 1.33 bits per heavy atom. The Bertz CT molecular complexity index is 345. The summed E-state index contributed by atoms with van der Waals surface area (Å²) >= 11 is 0. The molecule has 0 spiro atoms. The van der Waals surface area contributed by atoms with Gasteiger partial charge in [-0.05, 0) is 19.8 Å². The van der Waals surface area contributed by atoms with Crippen LogP contribution in [-0.2, 0) is 19.7 Å². The number of aliphatic hydroxyl groups excluding tert-OH is 1. The molecular weight excluding hydrogens is 263 g/mol. The fourth-order valence-corrected chi connectivity index (χ4v) is 2.46. The molecular formula is C11H21FO5S. The van der Waals surface area contributed by atoms with Crippen molar-refractivity contribution in [2.75, 3.05) is 19.0 Å². The van der Waals surface area contributed by atoms with E-state index in [1.165, 1.54) is 0 Å². The van der Waals surface area contributed by atoms with Crippen LogP contribution in [0.3, 0.4) is 0 Å². The largest absolute Gasteiger partial charge is 0.391 e. The minimum Gasteiger partial charge on any atom is -0.391 e. The van der Waals surface area contributed by atoms with Crippen LogP contribution < -0.4 is 0 Å². The van der Waals surface area contributed by atoms with Gasteiger partial charge in [-0.15, -0.1) is 3.89 Å². The van der Waals surface area contributed by atoms with E-state index >= 15 is 0 Å². The van der Waals surface area contributed by atoms with Crippen LogP contribution in [0.5, 0.6) is 0 Å². The average molecular weight is 284 g/mol. The van der Waals surface area contributed by atoms with Gasteiger partial charge in [-0.1, -0.05) is 19.3 Å². The number of halogens is 1. The van der Waals surface area contributed by atoms with Crippen LogP contribution in [0.2, 0.25) is 0 Å². The van der Waals surface area contributed by atoms with Crippen molar-refractivity contribution in [3.8, 4) is 0 Å². The molecule has 1 aliphatic rings. The molecule has 5 nitrogen and oxygen atoms in total. The SMILES string of the molecule is CC1(CO)OCC(CCCCCCS(=O)(=O)F)O1.